The second-order valence-electron chi connectivity index (χ2n) is 3.05. The van der Waals surface area contributed by atoms with Gasteiger partial charge in [-0.15, -0.1) is 0 Å². The summed E-state index contributed by atoms with van der Waals surface area (Å²) in [6.45, 7) is 0.399. The normalized spacial score (nSPS) is 24.4. The average molecular weight is 244 g/mol. The summed E-state index contributed by atoms with van der Waals surface area (Å²) in [6.07, 6.45) is 1.14. The molecule has 1 rings (SSSR count). The number of ether oxygens (including phenoxy) is 1. The van der Waals surface area contributed by atoms with Crippen molar-refractivity contribution in [3.63, 3.8) is 0 Å². The van der Waals surface area contributed by atoms with Gasteiger partial charge in [0.05, 0.1) is 18.9 Å². The van der Waals surface area contributed by atoms with Crippen LogP contribution in [-0.2, 0) is 25.0 Å². The smallest absolute Gasteiger partial charge is 0.290 e. The van der Waals surface area contributed by atoms with Gasteiger partial charge in [-0.05, 0) is 6.42 Å². The Morgan fingerprint density at radius 2 is 1.93 bits per heavy atom. The summed E-state index contributed by atoms with van der Waals surface area (Å²) in [5, 5.41) is 4.81. The fourth-order valence-electron chi connectivity index (χ4n) is 1.36. The molecule has 1 heterocycles. The summed E-state index contributed by atoms with van der Waals surface area (Å²) in [5.41, 5.74) is 0. The molecule has 1 atom stereocenters. The van der Waals surface area contributed by atoms with E-state index in [9.17, 15) is 16.8 Å². The quantitative estimate of drug-likeness (QED) is 0.633. The first kappa shape index (κ1) is 11.9. The van der Waals surface area contributed by atoms with E-state index in [2.05, 4.69) is 0 Å². The first-order valence-electron chi connectivity index (χ1n) is 3.83. The molecule has 0 spiro atoms. The minimum atomic E-state index is -4.24. The maximum Gasteiger partial charge on any atom is 0.290 e. The summed E-state index contributed by atoms with van der Waals surface area (Å²) in [7, 11) is -8.11. The van der Waals surface area contributed by atoms with Crippen molar-refractivity contribution in [3.05, 3.63) is 0 Å². The molecule has 0 aromatic rings. The number of sulfonamides is 1. The van der Waals surface area contributed by atoms with Crippen molar-refractivity contribution in [1.82, 2.24) is 3.71 Å². The van der Waals surface area contributed by atoms with Crippen LogP contribution in [0.25, 0.3) is 0 Å². The van der Waals surface area contributed by atoms with Gasteiger partial charge in [-0.2, -0.15) is 8.42 Å². The SMILES string of the molecule is CS(=O)(=O)N(C1CCOC1)S(N)(=O)=O. The fraction of sp³-hybridized carbons (Fsp3) is 1.00. The van der Waals surface area contributed by atoms with Gasteiger partial charge in [0.15, 0.2) is 0 Å². The summed E-state index contributed by atoms with van der Waals surface area (Å²) in [4.78, 5) is 0. The third-order valence-corrected chi connectivity index (χ3v) is 4.97. The van der Waals surface area contributed by atoms with Gasteiger partial charge in [0.25, 0.3) is 10.2 Å². The Labute approximate surface area is 83.1 Å². The van der Waals surface area contributed by atoms with Crippen LogP contribution in [-0.4, -0.2) is 46.1 Å². The van der Waals surface area contributed by atoms with E-state index in [1.54, 1.807) is 0 Å². The van der Waals surface area contributed by atoms with Gasteiger partial charge in [-0.25, -0.2) is 13.6 Å². The van der Waals surface area contributed by atoms with Crippen LogP contribution in [0.15, 0.2) is 0 Å². The van der Waals surface area contributed by atoms with Crippen LogP contribution in [0.1, 0.15) is 6.42 Å². The Bertz CT molecular complexity index is 362. The van der Waals surface area contributed by atoms with Gasteiger partial charge in [0.2, 0.25) is 10.0 Å². The maximum atomic E-state index is 11.2. The van der Waals surface area contributed by atoms with Crippen molar-refractivity contribution in [2.75, 3.05) is 19.5 Å². The molecule has 9 heteroatoms. The van der Waals surface area contributed by atoms with Gasteiger partial charge in [-0.3, -0.25) is 0 Å². The molecular formula is C5H12N2O5S2. The van der Waals surface area contributed by atoms with Crippen LogP contribution in [0.5, 0.6) is 0 Å². The van der Waals surface area contributed by atoms with Gasteiger partial charge < -0.3 is 4.74 Å². The van der Waals surface area contributed by atoms with Crippen molar-refractivity contribution in [1.29, 1.82) is 0 Å². The fourth-order valence-corrected chi connectivity index (χ4v) is 4.16. The Kier molecular flexibility index (Phi) is 3.17. The second-order valence-corrected chi connectivity index (χ2v) is 6.56. The van der Waals surface area contributed by atoms with E-state index in [4.69, 9.17) is 9.88 Å². The molecule has 1 unspecified atom stereocenters. The molecular weight excluding hydrogens is 232 g/mol. The summed E-state index contributed by atoms with van der Waals surface area (Å²) in [6, 6.07) is -0.708. The van der Waals surface area contributed by atoms with Crippen LogP contribution in [0.3, 0.4) is 0 Å². The number of hydrogen-bond acceptors (Lipinski definition) is 5. The molecule has 0 aromatic carbocycles. The topological polar surface area (TPSA) is 107 Å². The molecule has 1 saturated heterocycles. The van der Waals surface area contributed by atoms with Gasteiger partial charge in [0.1, 0.15) is 0 Å². The van der Waals surface area contributed by atoms with Crippen molar-refractivity contribution < 1.29 is 21.6 Å². The van der Waals surface area contributed by atoms with Crippen molar-refractivity contribution in [2.24, 2.45) is 5.14 Å². The lowest BCUT2D eigenvalue weighted by atomic mass is 10.3. The van der Waals surface area contributed by atoms with E-state index in [1.165, 1.54) is 0 Å². The highest BCUT2D eigenvalue weighted by molar-refractivity contribution is 8.02. The molecule has 1 fully saturated rings. The van der Waals surface area contributed by atoms with E-state index < -0.39 is 26.3 Å². The second kappa shape index (κ2) is 3.74. The first-order valence-corrected chi connectivity index (χ1v) is 7.18. The lowest BCUT2D eigenvalue weighted by Crippen LogP contribution is -2.47. The van der Waals surface area contributed by atoms with Crippen LogP contribution in [0, 0.1) is 0 Å². The highest BCUT2D eigenvalue weighted by Crippen LogP contribution is 2.17. The van der Waals surface area contributed by atoms with E-state index in [1.807, 2.05) is 0 Å². The Morgan fingerprint density at radius 3 is 2.21 bits per heavy atom. The molecule has 0 aromatic heterocycles. The monoisotopic (exact) mass is 244 g/mol. The molecule has 7 nitrogen and oxygen atoms in total. The van der Waals surface area contributed by atoms with Gasteiger partial charge in [-0.1, -0.05) is 3.71 Å². The molecule has 1 aliphatic heterocycles. The summed E-state index contributed by atoms with van der Waals surface area (Å²) in [5.74, 6) is 0. The van der Waals surface area contributed by atoms with Crippen molar-refractivity contribution >= 4 is 20.2 Å². The minimum Gasteiger partial charge on any atom is -0.380 e. The highest BCUT2D eigenvalue weighted by atomic mass is 32.3. The number of hydrogen-bond donors (Lipinski definition) is 1. The van der Waals surface area contributed by atoms with Crippen molar-refractivity contribution in [2.45, 2.75) is 12.5 Å². The Morgan fingerprint density at radius 1 is 1.36 bits per heavy atom. The van der Waals surface area contributed by atoms with Crippen LogP contribution in [0.2, 0.25) is 0 Å². The molecule has 0 bridgehead atoms. The Hall–Kier alpha value is -0.220. The third kappa shape index (κ3) is 2.64. The zero-order valence-electron chi connectivity index (χ0n) is 7.58. The molecule has 84 valence electrons. The molecule has 0 aliphatic carbocycles. The van der Waals surface area contributed by atoms with E-state index >= 15 is 0 Å². The standard InChI is InChI=1S/C5H12N2O5S2/c1-13(8,9)7(14(6,10)11)5-2-3-12-4-5/h5H,2-4H2,1H3,(H2,6,10,11). The highest BCUT2D eigenvalue weighted by Gasteiger charge is 2.37. The molecule has 0 saturated carbocycles. The van der Waals surface area contributed by atoms with Gasteiger partial charge >= 0.3 is 0 Å². The van der Waals surface area contributed by atoms with Crippen LogP contribution < -0.4 is 5.14 Å². The molecule has 0 amide bonds. The zero-order chi connectivity index (χ0) is 11.0. The predicted octanol–water partition coefficient (Wildman–Crippen LogP) is -1.76. The van der Waals surface area contributed by atoms with Crippen molar-refractivity contribution in [3.8, 4) is 0 Å². The molecule has 14 heavy (non-hydrogen) atoms. The average Bonchev–Trinajstić information content (AvgIpc) is 2.31. The first-order chi connectivity index (χ1) is 6.23. The zero-order valence-corrected chi connectivity index (χ0v) is 9.21. The molecule has 2 N–H and O–H groups in total. The summed E-state index contributed by atoms with van der Waals surface area (Å²) < 4.78 is 49.6. The predicted molar refractivity (Wildman–Crippen MR) is 49.0 cm³/mol. The lowest BCUT2D eigenvalue weighted by Gasteiger charge is -2.21. The van der Waals surface area contributed by atoms with E-state index in [0.29, 0.717) is 16.7 Å². The minimum absolute atomic E-state index is 0.0590. The molecule has 1 aliphatic rings. The van der Waals surface area contributed by atoms with E-state index in [0.717, 1.165) is 6.26 Å². The number of nitrogens with zero attached hydrogens (tertiary/aromatic N) is 1. The number of rotatable bonds is 3. The van der Waals surface area contributed by atoms with Gasteiger partial charge in [0, 0.05) is 6.61 Å². The number of nitrogens with two attached hydrogens (primary N) is 1. The largest absolute Gasteiger partial charge is 0.380 e. The maximum absolute atomic E-state index is 11.2. The lowest BCUT2D eigenvalue weighted by molar-refractivity contribution is 0.186. The Balaban J connectivity index is 3.06. The summed E-state index contributed by atoms with van der Waals surface area (Å²) >= 11 is 0. The van der Waals surface area contributed by atoms with Crippen LogP contribution in [0.4, 0.5) is 0 Å². The third-order valence-electron chi connectivity index (χ3n) is 1.78. The van der Waals surface area contributed by atoms with E-state index in [-0.39, 0.29) is 6.61 Å². The molecule has 0 radical (unpaired) electrons. The van der Waals surface area contributed by atoms with Crippen LogP contribution >= 0.6 is 0 Å².